The van der Waals surface area contributed by atoms with Crippen LogP contribution in [0.15, 0.2) is 71.5 Å². The minimum atomic E-state index is -0.804. The van der Waals surface area contributed by atoms with Crippen molar-refractivity contribution in [3.05, 3.63) is 78.5 Å². The lowest BCUT2D eigenvalue weighted by Crippen LogP contribution is -2.33. The largest absolute Gasteiger partial charge is 0.438 e. The Kier molecular flexibility index (Phi) is 4.70. The van der Waals surface area contributed by atoms with E-state index in [0.717, 1.165) is 27.8 Å². The van der Waals surface area contributed by atoms with Crippen LogP contribution in [0, 0.1) is 5.82 Å². The molecule has 2 aliphatic rings. The Morgan fingerprint density at radius 2 is 1.80 bits per heavy atom. The molecule has 1 saturated heterocycles. The van der Waals surface area contributed by atoms with E-state index in [1.54, 1.807) is 12.1 Å². The molecule has 8 heteroatoms. The van der Waals surface area contributed by atoms with Gasteiger partial charge in [0, 0.05) is 45.2 Å². The number of rotatable bonds is 5. The maximum absolute atomic E-state index is 13.6. The molecule has 7 rings (SSSR count). The normalized spacial score (nSPS) is 19.7. The van der Waals surface area contributed by atoms with Crippen molar-refractivity contribution in [1.82, 2.24) is 19.7 Å². The minimum Gasteiger partial charge on any atom is -0.438 e. The van der Waals surface area contributed by atoms with Crippen molar-refractivity contribution in [3.8, 4) is 33.8 Å². The summed E-state index contributed by atoms with van der Waals surface area (Å²) in [6.45, 7) is 0. The van der Waals surface area contributed by atoms with Gasteiger partial charge < -0.3 is 4.42 Å². The number of nitrogens with zero attached hydrogens (tertiary/aromatic N) is 4. The summed E-state index contributed by atoms with van der Waals surface area (Å²) in [7, 11) is -0.804. The second-order valence-corrected chi connectivity index (χ2v) is 10.8. The van der Waals surface area contributed by atoms with E-state index in [-0.39, 0.29) is 11.9 Å². The van der Waals surface area contributed by atoms with Crippen molar-refractivity contribution in [3.63, 3.8) is 0 Å². The first kappa shape index (κ1) is 20.7. The first-order chi connectivity index (χ1) is 17.1. The van der Waals surface area contributed by atoms with Crippen LogP contribution in [0.5, 0.6) is 0 Å². The quantitative estimate of drug-likeness (QED) is 0.318. The number of hydrogen-bond acceptors (Lipinski definition) is 5. The van der Waals surface area contributed by atoms with Crippen LogP contribution in [0.4, 0.5) is 4.39 Å². The number of aromatic nitrogens is 4. The minimum absolute atomic E-state index is 0.0752. The van der Waals surface area contributed by atoms with E-state index < -0.39 is 10.8 Å². The van der Waals surface area contributed by atoms with Gasteiger partial charge in [-0.3, -0.25) is 8.89 Å². The molecule has 6 nitrogen and oxygen atoms in total. The fourth-order valence-corrected chi connectivity index (χ4v) is 5.75. The van der Waals surface area contributed by atoms with Crippen molar-refractivity contribution < 1.29 is 13.0 Å². The summed E-state index contributed by atoms with van der Waals surface area (Å²) < 4.78 is 33.4. The highest BCUT2D eigenvalue weighted by atomic mass is 32.2. The van der Waals surface area contributed by atoms with Gasteiger partial charge in [0.05, 0.1) is 17.1 Å². The molecule has 0 spiro atoms. The molecule has 0 unspecified atom stereocenters. The molecule has 0 amide bonds. The first-order valence-corrected chi connectivity index (χ1v) is 13.2. The van der Waals surface area contributed by atoms with Crippen LogP contribution in [0.25, 0.3) is 44.9 Å². The Labute approximate surface area is 203 Å². The van der Waals surface area contributed by atoms with Gasteiger partial charge in [-0.25, -0.2) is 14.4 Å². The summed E-state index contributed by atoms with van der Waals surface area (Å²) in [6.07, 6.45) is 5.92. The van der Waals surface area contributed by atoms with E-state index in [0.29, 0.717) is 34.5 Å². The Balaban J connectivity index is 1.37. The van der Waals surface area contributed by atoms with Crippen LogP contribution in [0.3, 0.4) is 0 Å². The zero-order chi connectivity index (χ0) is 23.5. The second kappa shape index (κ2) is 7.95. The lowest BCUT2D eigenvalue weighted by Gasteiger charge is -2.24. The van der Waals surface area contributed by atoms with Gasteiger partial charge in [-0.1, -0.05) is 18.2 Å². The fraction of sp³-hybridized carbons (Fsp3) is 0.222. The van der Waals surface area contributed by atoms with Crippen LogP contribution >= 0.6 is 0 Å². The molecule has 1 aliphatic heterocycles. The molecule has 2 fully saturated rings. The van der Waals surface area contributed by atoms with Crippen LogP contribution in [0.2, 0.25) is 0 Å². The monoisotopic (exact) mass is 484 g/mol. The predicted octanol–water partition coefficient (Wildman–Crippen LogP) is 5.74. The molecule has 0 radical (unpaired) electrons. The van der Waals surface area contributed by atoms with Gasteiger partial charge in [-0.05, 0) is 60.7 Å². The summed E-state index contributed by atoms with van der Waals surface area (Å²) in [4.78, 5) is 9.00. The van der Waals surface area contributed by atoms with Gasteiger partial charge in [0.15, 0.2) is 0 Å². The van der Waals surface area contributed by atoms with Crippen molar-refractivity contribution in [2.45, 2.75) is 24.8 Å². The first-order valence-electron chi connectivity index (χ1n) is 11.7. The van der Waals surface area contributed by atoms with Gasteiger partial charge in [0.25, 0.3) is 0 Å². The zero-order valence-electron chi connectivity index (χ0n) is 18.7. The molecule has 1 saturated carbocycles. The summed E-state index contributed by atoms with van der Waals surface area (Å²) in [6, 6.07) is 16.8. The van der Waals surface area contributed by atoms with E-state index in [1.807, 2.05) is 16.9 Å². The molecule has 174 valence electrons. The number of benzene rings is 2. The highest BCUT2D eigenvalue weighted by Gasteiger charge is 2.30. The van der Waals surface area contributed by atoms with Gasteiger partial charge in [-0.15, -0.1) is 0 Å². The molecule has 2 aromatic carbocycles. The second-order valence-electron chi connectivity index (χ2n) is 9.26. The molecular weight excluding hydrogens is 463 g/mol. The Morgan fingerprint density at radius 3 is 2.57 bits per heavy atom. The third-order valence-corrected chi connectivity index (χ3v) is 8.30. The molecule has 4 heterocycles. The van der Waals surface area contributed by atoms with E-state index in [1.165, 1.54) is 36.9 Å². The number of furan rings is 1. The molecular formula is C27H21FN4O2S. The molecule has 1 aliphatic carbocycles. The average molecular weight is 485 g/mol. The van der Waals surface area contributed by atoms with Crippen molar-refractivity contribution in [1.29, 1.82) is 0 Å². The standard InChI is InChI=1S/C27H21FN4O2S/c28-20-8-6-17(7-9-20)25-23(12-32(31-25)21-13-35(33)14-21)26-22-11-24(34-27(22)30-15-29-26)19-3-1-2-18(10-19)16-4-5-16/h1-3,6-12,15-16,21H,4-5,13-14H2. The highest BCUT2D eigenvalue weighted by molar-refractivity contribution is 7.86. The van der Waals surface area contributed by atoms with Gasteiger partial charge in [0.2, 0.25) is 5.71 Å². The number of hydrogen-bond donors (Lipinski definition) is 0. The number of halogens is 1. The van der Waals surface area contributed by atoms with Crippen LogP contribution in [-0.4, -0.2) is 35.5 Å². The SMILES string of the molecule is O=S1CC(n2cc(-c3ncnc4oc(-c5cccc(C6CC6)c5)cc34)c(-c3ccc(F)cc3)n2)C1. The van der Waals surface area contributed by atoms with E-state index >= 15 is 0 Å². The van der Waals surface area contributed by atoms with Gasteiger partial charge >= 0.3 is 0 Å². The van der Waals surface area contributed by atoms with E-state index in [9.17, 15) is 8.60 Å². The molecule has 35 heavy (non-hydrogen) atoms. The summed E-state index contributed by atoms with van der Waals surface area (Å²) in [5, 5.41) is 5.61. The fourth-order valence-electron chi connectivity index (χ4n) is 4.68. The Hall–Kier alpha value is -3.65. The van der Waals surface area contributed by atoms with Crippen LogP contribution in [0.1, 0.15) is 30.4 Å². The zero-order valence-corrected chi connectivity index (χ0v) is 19.5. The summed E-state index contributed by atoms with van der Waals surface area (Å²) in [5.41, 5.74) is 5.85. The highest BCUT2D eigenvalue weighted by Crippen LogP contribution is 2.42. The van der Waals surface area contributed by atoms with Crippen molar-refractivity contribution >= 4 is 21.9 Å². The lowest BCUT2D eigenvalue weighted by atomic mass is 10.0. The molecule has 0 atom stereocenters. The maximum atomic E-state index is 13.6. The maximum Gasteiger partial charge on any atom is 0.230 e. The summed E-state index contributed by atoms with van der Waals surface area (Å²) in [5.74, 6) is 2.25. The molecule has 0 bridgehead atoms. The van der Waals surface area contributed by atoms with E-state index in [2.05, 4.69) is 34.2 Å². The number of fused-ring (bicyclic) bond motifs is 1. The average Bonchev–Trinajstić information content (AvgIpc) is 3.47. The Bertz CT molecular complexity index is 1600. The predicted molar refractivity (Wildman–Crippen MR) is 133 cm³/mol. The Morgan fingerprint density at radius 1 is 0.971 bits per heavy atom. The van der Waals surface area contributed by atoms with E-state index in [4.69, 9.17) is 9.52 Å². The van der Waals surface area contributed by atoms with Crippen LogP contribution in [-0.2, 0) is 10.8 Å². The summed E-state index contributed by atoms with van der Waals surface area (Å²) >= 11 is 0. The van der Waals surface area contributed by atoms with Gasteiger partial charge in [0.1, 0.15) is 23.6 Å². The molecule has 3 aromatic heterocycles. The third-order valence-electron chi connectivity index (χ3n) is 6.78. The van der Waals surface area contributed by atoms with Crippen molar-refractivity contribution in [2.24, 2.45) is 0 Å². The molecule has 0 N–H and O–H groups in total. The lowest BCUT2D eigenvalue weighted by molar-refractivity contribution is 0.507. The van der Waals surface area contributed by atoms with Crippen molar-refractivity contribution in [2.75, 3.05) is 11.5 Å². The third kappa shape index (κ3) is 3.69. The smallest absolute Gasteiger partial charge is 0.230 e. The van der Waals surface area contributed by atoms with Gasteiger partial charge in [-0.2, -0.15) is 5.10 Å². The topological polar surface area (TPSA) is 73.8 Å². The molecule has 5 aromatic rings. The van der Waals surface area contributed by atoms with Crippen LogP contribution < -0.4 is 0 Å².